The minimum absolute atomic E-state index is 0.495. The maximum Gasteiger partial charge on any atom is 0.132 e. The van der Waals surface area contributed by atoms with Crippen LogP contribution >= 0.6 is 0 Å². The van der Waals surface area contributed by atoms with Gasteiger partial charge in [-0.15, -0.1) is 0 Å². The summed E-state index contributed by atoms with van der Waals surface area (Å²) in [6.45, 7) is 4.89. The minimum atomic E-state index is -0.855. The molecule has 1 rings (SSSR count). The van der Waals surface area contributed by atoms with E-state index in [-0.39, 0.29) is 0 Å². The Bertz CT molecular complexity index is 138. The highest BCUT2D eigenvalue weighted by Gasteiger charge is 2.22. The van der Waals surface area contributed by atoms with Gasteiger partial charge in [0.25, 0.3) is 0 Å². The van der Waals surface area contributed by atoms with E-state index in [2.05, 4.69) is 13.1 Å². The molecule has 1 saturated heterocycles. The number of hydrogen-bond donors (Lipinski definition) is 0. The van der Waals surface area contributed by atoms with E-state index in [4.69, 9.17) is 0 Å². The Morgan fingerprint density at radius 1 is 1.09 bits per heavy atom. The second-order valence-corrected chi connectivity index (χ2v) is 9.74. The van der Waals surface area contributed by atoms with Crippen LogP contribution in [0, 0.1) is 0 Å². The average Bonchev–Trinajstić information content (AvgIpc) is 1.83. The summed E-state index contributed by atoms with van der Waals surface area (Å²) >= 11 is 0. The summed E-state index contributed by atoms with van der Waals surface area (Å²) in [6, 6.07) is 2.72. The lowest BCUT2D eigenvalue weighted by Gasteiger charge is -2.23. The van der Waals surface area contributed by atoms with Crippen LogP contribution < -0.4 is 0 Å². The summed E-state index contributed by atoms with van der Waals surface area (Å²) in [5, 5.41) is 0. The molecule has 0 aromatic rings. The third-order valence-corrected chi connectivity index (χ3v) is 6.03. The summed E-state index contributed by atoms with van der Waals surface area (Å²) in [7, 11) is -0.855. The Kier molecular flexibility index (Phi) is 2.88. The molecule has 1 fully saturated rings. The smallest absolute Gasteiger partial charge is 0.132 e. The van der Waals surface area contributed by atoms with Crippen molar-refractivity contribution in [3.8, 4) is 0 Å². The van der Waals surface area contributed by atoms with Crippen LogP contribution in [0.5, 0.6) is 0 Å². The first-order valence-electron chi connectivity index (χ1n) is 4.62. The lowest BCUT2D eigenvalue weighted by Crippen LogP contribution is -2.26. The summed E-state index contributed by atoms with van der Waals surface area (Å²) in [6.07, 6.45) is 4.04. The van der Waals surface area contributed by atoms with Gasteiger partial charge in [0.05, 0.1) is 0 Å². The molecule has 0 spiro atoms. The zero-order chi connectivity index (χ0) is 8.32. The van der Waals surface area contributed by atoms with Crippen LogP contribution in [0.2, 0.25) is 25.2 Å². The Morgan fingerprint density at radius 2 is 1.55 bits per heavy atom. The number of carbonyl (C=O) groups is 1. The zero-order valence-electron chi connectivity index (χ0n) is 7.65. The highest BCUT2D eigenvalue weighted by molar-refractivity contribution is 6.77. The number of Topliss-reactive ketones (excluding diaryl/α,β-unsaturated/α-hetero) is 1. The van der Waals surface area contributed by atoms with Crippen molar-refractivity contribution in [1.29, 1.82) is 0 Å². The number of ketones is 1. The van der Waals surface area contributed by atoms with Gasteiger partial charge in [-0.3, -0.25) is 4.79 Å². The molecule has 0 amide bonds. The molecule has 0 aromatic carbocycles. The molecule has 1 heterocycles. The standard InChI is InChI=1S/C9H18OSi/c1-11(2)7-3-5-9(10)6-4-8-11/h3-8H2,1-2H3. The van der Waals surface area contributed by atoms with Crippen molar-refractivity contribution in [3.05, 3.63) is 0 Å². The maximum atomic E-state index is 11.1. The molecule has 11 heavy (non-hydrogen) atoms. The second kappa shape index (κ2) is 3.52. The van der Waals surface area contributed by atoms with E-state index in [1.807, 2.05) is 0 Å². The lowest BCUT2D eigenvalue weighted by atomic mass is 10.1. The molecular weight excluding hydrogens is 152 g/mol. The van der Waals surface area contributed by atoms with Crippen LogP contribution in [-0.2, 0) is 4.79 Å². The molecule has 1 aliphatic rings. The summed E-state index contributed by atoms with van der Waals surface area (Å²) in [5.74, 6) is 0.495. The summed E-state index contributed by atoms with van der Waals surface area (Å²) in [5.41, 5.74) is 0. The Labute approximate surface area is 70.2 Å². The molecule has 0 bridgehead atoms. The first kappa shape index (κ1) is 8.98. The molecule has 1 aliphatic heterocycles. The van der Waals surface area contributed by atoms with Gasteiger partial charge < -0.3 is 0 Å². The molecule has 1 nitrogen and oxygen atoms in total. The van der Waals surface area contributed by atoms with Gasteiger partial charge in [-0.25, -0.2) is 0 Å². The fourth-order valence-corrected chi connectivity index (χ4v) is 4.30. The third-order valence-electron chi connectivity index (χ3n) is 2.62. The van der Waals surface area contributed by atoms with E-state index >= 15 is 0 Å². The van der Waals surface area contributed by atoms with Crippen molar-refractivity contribution in [1.82, 2.24) is 0 Å². The predicted molar refractivity (Wildman–Crippen MR) is 50.6 cm³/mol. The van der Waals surface area contributed by atoms with Gasteiger partial charge in [-0.1, -0.05) is 25.2 Å². The van der Waals surface area contributed by atoms with E-state index in [1.54, 1.807) is 0 Å². The molecule has 0 radical (unpaired) electrons. The first-order valence-corrected chi connectivity index (χ1v) is 8.03. The third kappa shape index (κ3) is 3.19. The topological polar surface area (TPSA) is 17.1 Å². The minimum Gasteiger partial charge on any atom is -0.300 e. The Balaban J connectivity index is 2.41. The molecule has 0 aromatic heterocycles. The van der Waals surface area contributed by atoms with E-state index in [0.717, 1.165) is 25.7 Å². The van der Waals surface area contributed by atoms with Gasteiger partial charge in [-0.05, 0) is 12.8 Å². The van der Waals surface area contributed by atoms with Crippen LogP contribution in [-0.4, -0.2) is 13.9 Å². The molecule has 64 valence electrons. The Hall–Kier alpha value is -0.113. The monoisotopic (exact) mass is 170 g/mol. The first-order chi connectivity index (χ1) is 5.10. The average molecular weight is 170 g/mol. The van der Waals surface area contributed by atoms with Crippen LogP contribution in [0.3, 0.4) is 0 Å². The van der Waals surface area contributed by atoms with Crippen LogP contribution in [0.4, 0.5) is 0 Å². The fourth-order valence-electron chi connectivity index (χ4n) is 1.78. The van der Waals surface area contributed by atoms with Gasteiger partial charge >= 0.3 is 0 Å². The van der Waals surface area contributed by atoms with Crippen molar-refractivity contribution in [2.45, 2.75) is 50.9 Å². The molecule has 0 aliphatic carbocycles. The number of carbonyl (C=O) groups excluding carboxylic acids is 1. The highest BCUT2D eigenvalue weighted by atomic mass is 28.3. The summed E-state index contributed by atoms with van der Waals surface area (Å²) < 4.78 is 0. The van der Waals surface area contributed by atoms with E-state index in [1.165, 1.54) is 12.1 Å². The van der Waals surface area contributed by atoms with Gasteiger partial charge in [0, 0.05) is 20.9 Å². The van der Waals surface area contributed by atoms with E-state index in [0.29, 0.717) is 5.78 Å². The molecular formula is C9H18OSi. The molecule has 0 N–H and O–H groups in total. The van der Waals surface area contributed by atoms with E-state index in [9.17, 15) is 4.79 Å². The highest BCUT2D eigenvalue weighted by Crippen LogP contribution is 2.24. The van der Waals surface area contributed by atoms with Crippen LogP contribution in [0.1, 0.15) is 25.7 Å². The largest absolute Gasteiger partial charge is 0.300 e. The Morgan fingerprint density at radius 3 is 2.00 bits per heavy atom. The quantitative estimate of drug-likeness (QED) is 0.511. The van der Waals surface area contributed by atoms with Gasteiger partial charge in [0.1, 0.15) is 5.78 Å². The van der Waals surface area contributed by atoms with Crippen molar-refractivity contribution >= 4 is 13.9 Å². The van der Waals surface area contributed by atoms with Gasteiger partial charge in [-0.2, -0.15) is 0 Å². The second-order valence-electron chi connectivity index (χ2n) is 4.41. The molecule has 2 heteroatoms. The van der Waals surface area contributed by atoms with Crippen molar-refractivity contribution in [3.63, 3.8) is 0 Å². The molecule has 0 atom stereocenters. The fraction of sp³-hybridized carbons (Fsp3) is 0.889. The number of rotatable bonds is 0. The van der Waals surface area contributed by atoms with Gasteiger partial charge in [0.2, 0.25) is 0 Å². The van der Waals surface area contributed by atoms with Crippen molar-refractivity contribution < 1.29 is 4.79 Å². The predicted octanol–water partition coefficient (Wildman–Crippen LogP) is 2.84. The number of hydrogen-bond acceptors (Lipinski definition) is 1. The van der Waals surface area contributed by atoms with Gasteiger partial charge in [0.15, 0.2) is 0 Å². The maximum absolute atomic E-state index is 11.1. The van der Waals surface area contributed by atoms with Crippen molar-refractivity contribution in [2.75, 3.05) is 0 Å². The van der Waals surface area contributed by atoms with Crippen LogP contribution in [0.15, 0.2) is 0 Å². The lowest BCUT2D eigenvalue weighted by molar-refractivity contribution is -0.119. The van der Waals surface area contributed by atoms with E-state index < -0.39 is 8.07 Å². The SMILES string of the molecule is C[Si]1(C)CCCC(=O)CCC1. The van der Waals surface area contributed by atoms with Crippen LogP contribution in [0.25, 0.3) is 0 Å². The normalized spacial score (nSPS) is 25.8. The molecule has 0 saturated carbocycles. The zero-order valence-corrected chi connectivity index (χ0v) is 8.65. The van der Waals surface area contributed by atoms with Crippen molar-refractivity contribution in [2.24, 2.45) is 0 Å². The summed E-state index contributed by atoms with van der Waals surface area (Å²) in [4.78, 5) is 11.1. The molecule has 0 unspecified atom stereocenters.